The third-order valence-corrected chi connectivity index (χ3v) is 4.94. The summed E-state index contributed by atoms with van der Waals surface area (Å²) in [6, 6.07) is 7.52. The number of hydrogen-bond donors (Lipinski definition) is 3. The van der Waals surface area contributed by atoms with E-state index in [1.54, 1.807) is 11.8 Å². The molecule has 0 radical (unpaired) electrons. The smallest absolute Gasteiger partial charge is 0.237 e. The fourth-order valence-corrected chi connectivity index (χ4v) is 2.35. The van der Waals surface area contributed by atoms with Crippen LogP contribution in [0.4, 0.5) is 0 Å². The van der Waals surface area contributed by atoms with E-state index >= 15 is 0 Å². The number of amides is 1. The highest BCUT2D eigenvalue weighted by molar-refractivity contribution is 7.99. The average Bonchev–Trinajstić information content (AvgIpc) is 2.88. The number of nitrogens with one attached hydrogen (secondary N) is 2. The van der Waals surface area contributed by atoms with E-state index in [9.17, 15) is 4.79 Å². The lowest BCUT2D eigenvalue weighted by Crippen LogP contribution is -2.46. The molecule has 2 aromatic rings. The second-order valence-corrected chi connectivity index (χ2v) is 7.37. The quantitative estimate of drug-likeness (QED) is 0.767. The summed E-state index contributed by atoms with van der Waals surface area (Å²) in [4.78, 5) is 15.3. The van der Waals surface area contributed by atoms with E-state index in [4.69, 9.17) is 5.73 Å². The van der Waals surface area contributed by atoms with Gasteiger partial charge in [-0.2, -0.15) is 11.8 Å². The van der Waals surface area contributed by atoms with Crippen molar-refractivity contribution in [3.05, 3.63) is 36.0 Å². The predicted octanol–water partition coefficient (Wildman–Crippen LogP) is 2.30. The molecule has 1 heterocycles. The number of carbonyl (C=O) groups excluding carboxylic acids is 1. The zero-order chi connectivity index (χ0) is 15.5. The Kier molecular flexibility index (Phi) is 4.96. The van der Waals surface area contributed by atoms with Crippen molar-refractivity contribution in [3.8, 4) is 0 Å². The van der Waals surface area contributed by atoms with Crippen LogP contribution in [-0.4, -0.2) is 34.5 Å². The number of H-pyrrole nitrogens is 1. The standard InChI is InChI=1S/C16H23N3OS/c1-16(2,21-3)10-19-15(20)13(17)8-11-9-18-14-7-5-4-6-12(11)14/h4-7,9,13,18H,8,10,17H2,1-3H3,(H,19,20)/t13-/m0/s1. The van der Waals surface area contributed by atoms with Crippen LogP contribution in [0.15, 0.2) is 30.5 Å². The molecule has 1 atom stereocenters. The number of hydrogen-bond acceptors (Lipinski definition) is 3. The van der Waals surface area contributed by atoms with Gasteiger partial charge in [0.1, 0.15) is 0 Å². The molecule has 4 nitrogen and oxygen atoms in total. The molecule has 1 amide bonds. The number of rotatable bonds is 6. The summed E-state index contributed by atoms with van der Waals surface area (Å²) in [6.45, 7) is 4.82. The van der Waals surface area contributed by atoms with E-state index in [0.29, 0.717) is 13.0 Å². The van der Waals surface area contributed by atoms with E-state index in [0.717, 1.165) is 16.5 Å². The van der Waals surface area contributed by atoms with E-state index in [1.807, 2.05) is 36.7 Å². The molecule has 0 saturated carbocycles. The van der Waals surface area contributed by atoms with Crippen LogP contribution >= 0.6 is 11.8 Å². The third kappa shape index (κ3) is 4.02. The van der Waals surface area contributed by atoms with Crippen LogP contribution in [0.25, 0.3) is 10.9 Å². The first kappa shape index (κ1) is 15.9. The largest absolute Gasteiger partial charge is 0.361 e. The van der Waals surface area contributed by atoms with E-state index in [1.165, 1.54) is 0 Å². The van der Waals surface area contributed by atoms with Crippen LogP contribution in [-0.2, 0) is 11.2 Å². The van der Waals surface area contributed by atoms with Crippen molar-refractivity contribution < 1.29 is 4.79 Å². The molecule has 0 spiro atoms. The van der Waals surface area contributed by atoms with Gasteiger partial charge in [-0.1, -0.05) is 18.2 Å². The summed E-state index contributed by atoms with van der Waals surface area (Å²) >= 11 is 1.73. The Bertz CT molecular complexity index is 621. The average molecular weight is 305 g/mol. The van der Waals surface area contributed by atoms with E-state index in [2.05, 4.69) is 24.1 Å². The Morgan fingerprint density at radius 3 is 2.86 bits per heavy atom. The molecule has 2 rings (SSSR count). The highest BCUT2D eigenvalue weighted by Crippen LogP contribution is 2.20. The highest BCUT2D eigenvalue weighted by Gasteiger charge is 2.20. The first-order valence-electron chi connectivity index (χ1n) is 7.06. The van der Waals surface area contributed by atoms with Gasteiger partial charge in [0.2, 0.25) is 5.91 Å². The zero-order valence-corrected chi connectivity index (χ0v) is 13.6. The maximum Gasteiger partial charge on any atom is 0.237 e. The molecule has 0 aliphatic heterocycles. The maximum absolute atomic E-state index is 12.1. The lowest BCUT2D eigenvalue weighted by molar-refractivity contribution is -0.122. The minimum absolute atomic E-state index is 0.0240. The molecule has 4 N–H and O–H groups in total. The lowest BCUT2D eigenvalue weighted by atomic mass is 10.0. The Hall–Kier alpha value is -1.46. The van der Waals surface area contributed by atoms with Gasteiger partial charge in [-0.3, -0.25) is 4.79 Å². The van der Waals surface area contributed by atoms with Crippen LogP contribution in [0.5, 0.6) is 0 Å². The highest BCUT2D eigenvalue weighted by atomic mass is 32.2. The maximum atomic E-state index is 12.1. The molecule has 5 heteroatoms. The van der Waals surface area contributed by atoms with Gasteiger partial charge < -0.3 is 16.0 Å². The van der Waals surface area contributed by atoms with Gasteiger partial charge in [0.15, 0.2) is 0 Å². The second kappa shape index (κ2) is 6.54. The van der Waals surface area contributed by atoms with Gasteiger partial charge >= 0.3 is 0 Å². The van der Waals surface area contributed by atoms with Crippen molar-refractivity contribution in [1.29, 1.82) is 0 Å². The Morgan fingerprint density at radius 1 is 1.43 bits per heavy atom. The number of benzene rings is 1. The summed E-state index contributed by atoms with van der Waals surface area (Å²) in [6.07, 6.45) is 4.51. The molecule has 0 bridgehead atoms. The third-order valence-electron chi connectivity index (χ3n) is 3.69. The molecule has 0 aliphatic rings. The van der Waals surface area contributed by atoms with Gasteiger partial charge in [0.25, 0.3) is 0 Å². The molecule has 1 aromatic carbocycles. The Balaban J connectivity index is 1.98. The number of fused-ring (bicyclic) bond motifs is 1. The van der Waals surface area contributed by atoms with Crippen molar-refractivity contribution in [3.63, 3.8) is 0 Å². The van der Waals surface area contributed by atoms with Gasteiger partial charge in [-0.15, -0.1) is 0 Å². The van der Waals surface area contributed by atoms with Crippen LogP contribution in [0.1, 0.15) is 19.4 Å². The van der Waals surface area contributed by atoms with Gasteiger partial charge in [0.05, 0.1) is 6.04 Å². The van der Waals surface area contributed by atoms with Crippen molar-refractivity contribution in [2.75, 3.05) is 12.8 Å². The summed E-state index contributed by atoms with van der Waals surface area (Å²) in [5, 5.41) is 4.07. The summed E-state index contributed by atoms with van der Waals surface area (Å²) < 4.78 is 0.0240. The number of thioether (sulfide) groups is 1. The fourth-order valence-electron chi connectivity index (χ4n) is 2.13. The normalized spacial score (nSPS) is 13.3. The number of para-hydroxylation sites is 1. The number of aromatic nitrogens is 1. The van der Waals surface area contributed by atoms with E-state index < -0.39 is 6.04 Å². The lowest BCUT2D eigenvalue weighted by Gasteiger charge is -2.23. The first-order chi connectivity index (χ1) is 9.93. The summed E-state index contributed by atoms with van der Waals surface area (Å²) in [5.41, 5.74) is 8.19. The van der Waals surface area contributed by atoms with Crippen molar-refractivity contribution in [2.24, 2.45) is 5.73 Å². The van der Waals surface area contributed by atoms with Crippen molar-refractivity contribution in [2.45, 2.75) is 31.1 Å². The molecule has 0 saturated heterocycles. The van der Waals surface area contributed by atoms with Gasteiger partial charge in [-0.05, 0) is 38.2 Å². The van der Waals surface area contributed by atoms with Crippen LogP contribution < -0.4 is 11.1 Å². The van der Waals surface area contributed by atoms with Crippen molar-refractivity contribution in [1.82, 2.24) is 10.3 Å². The molecule has 114 valence electrons. The number of aromatic amines is 1. The molecule has 21 heavy (non-hydrogen) atoms. The molecular weight excluding hydrogens is 282 g/mol. The Morgan fingerprint density at radius 2 is 2.14 bits per heavy atom. The van der Waals surface area contributed by atoms with Gasteiger partial charge in [0, 0.05) is 28.4 Å². The molecule has 1 aromatic heterocycles. The SMILES string of the molecule is CSC(C)(C)CNC(=O)[C@@H](N)Cc1c[nH]c2ccccc12. The fraction of sp³-hybridized carbons (Fsp3) is 0.438. The molecule has 0 unspecified atom stereocenters. The topological polar surface area (TPSA) is 70.9 Å². The zero-order valence-electron chi connectivity index (χ0n) is 12.8. The van der Waals surface area contributed by atoms with Crippen molar-refractivity contribution >= 4 is 28.6 Å². The minimum Gasteiger partial charge on any atom is -0.361 e. The summed E-state index contributed by atoms with van der Waals surface area (Å²) in [7, 11) is 0. The molecular formula is C16H23N3OS. The summed E-state index contributed by atoms with van der Waals surface area (Å²) in [5.74, 6) is -0.0950. The second-order valence-electron chi connectivity index (χ2n) is 5.85. The van der Waals surface area contributed by atoms with Gasteiger partial charge in [-0.25, -0.2) is 0 Å². The van der Waals surface area contributed by atoms with E-state index in [-0.39, 0.29) is 10.7 Å². The van der Waals surface area contributed by atoms with Crippen LogP contribution in [0.2, 0.25) is 0 Å². The molecule has 0 fully saturated rings. The first-order valence-corrected chi connectivity index (χ1v) is 8.29. The minimum atomic E-state index is -0.526. The predicted molar refractivity (Wildman–Crippen MR) is 90.6 cm³/mol. The number of nitrogens with two attached hydrogens (primary N) is 1. The van der Waals surface area contributed by atoms with Crippen LogP contribution in [0, 0.1) is 0 Å². The molecule has 0 aliphatic carbocycles. The monoisotopic (exact) mass is 305 g/mol. The Labute approximate surface area is 129 Å². The number of carbonyl (C=O) groups is 1. The van der Waals surface area contributed by atoms with Crippen LogP contribution in [0.3, 0.4) is 0 Å².